The van der Waals surface area contributed by atoms with Crippen LogP contribution >= 0.6 is 0 Å². The SMILES string of the molecule is COc1ccc2c3c1O[C@@H]1C(OC(=O)[C@H](Cc4c[nH]cn4)NC(=O)CCNC(=O)[C@H](C)O)=CC[C@]4(O)[C@@H](CCC[C@@]314)C2. The van der Waals surface area contributed by atoms with Crippen molar-refractivity contribution in [1.29, 1.82) is 0 Å². The molecule has 1 aromatic carbocycles. The first kappa shape index (κ1) is 28.2. The average Bonchev–Trinajstić information content (AvgIpc) is 3.59. The molecule has 6 rings (SSSR count). The maximum absolute atomic E-state index is 13.7. The zero-order valence-electron chi connectivity index (χ0n) is 23.6. The summed E-state index contributed by atoms with van der Waals surface area (Å²) in [5.41, 5.74) is 0.803. The standard InChI is InChI=1S/C30H36N4O8/c1-16(35)27(37)32-11-8-23(36)34-20(13-19-14-31-15-33-19)28(38)41-22-7-10-30(39)18-4-3-9-29(30)24-17(12-18)5-6-21(40-2)25(24)42-26(22)29/h5-7,14-16,18,20,26,35,39H,3-4,8-13H2,1-2H3,(H,31,33)(H,32,37)(H,34,36)/t16-,18-,20-,26+,29+,30-/m0/s1. The third kappa shape index (κ3) is 4.44. The van der Waals surface area contributed by atoms with Gasteiger partial charge in [-0.25, -0.2) is 9.78 Å². The number of aromatic nitrogens is 2. The molecule has 1 fully saturated rings. The first-order valence-corrected chi connectivity index (χ1v) is 14.4. The molecule has 42 heavy (non-hydrogen) atoms. The van der Waals surface area contributed by atoms with Gasteiger partial charge in [0.15, 0.2) is 17.6 Å². The van der Waals surface area contributed by atoms with Gasteiger partial charge in [0.2, 0.25) is 11.8 Å². The molecule has 2 bridgehead atoms. The predicted molar refractivity (Wildman–Crippen MR) is 147 cm³/mol. The lowest BCUT2D eigenvalue weighted by molar-refractivity contribution is -0.161. The van der Waals surface area contributed by atoms with Crippen LogP contribution < -0.4 is 20.1 Å². The maximum atomic E-state index is 13.7. The van der Waals surface area contributed by atoms with E-state index in [1.165, 1.54) is 13.3 Å². The smallest absolute Gasteiger partial charge is 0.334 e. The first-order chi connectivity index (χ1) is 20.2. The summed E-state index contributed by atoms with van der Waals surface area (Å²) in [5.74, 6) is -0.249. The van der Waals surface area contributed by atoms with Crippen molar-refractivity contribution in [1.82, 2.24) is 20.6 Å². The van der Waals surface area contributed by atoms with Crippen LogP contribution in [-0.2, 0) is 37.4 Å². The van der Waals surface area contributed by atoms with E-state index in [0.717, 1.165) is 30.4 Å². The monoisotopic (exact) mass is 580 g/mol. The third-order valence-electron chi connectivity index (χ3n) is 9.30. The van der Waals surface area contributed by atoms with E-state index in [2.05, 4.69) is 20.6 Å². The fraction of sp³-hybridized carbons (Fsp3) is 0.533. The first-order valence-electron chi connectivity index (χ1n) is 14.4. The number of H-pyrrole nitrogens is 1. The average molecular weight is 581 g/mol. The van der Waals surface area contributed by atoms with Gasteiger partial charge in [0.05, 0.1) is 30.1 Å². The van der Waals surface area contributed by atoms with Crippen LogP contribution in [0.2, 0.25) is 0 Å². The van der Waals surface area contributed by atoms with Gasteiger partial charge in [-0.05, 0) is 56.2 Å². The zero-order chi connectivity index (χ0) is 29.6. The van der Waals surface area contributed by atoms with E-state index in [9.17, 15) is 24.6 Å². The number of hydrogen-bond donors (Lipinski definition) is 5. The minimum absolute atomic E-state index is 0.00843. The zero-order valence-corrected chi connectivity index (χ0v) is 23.6. The summed E-state index contributed by atoms with van der Waals surface area (Å²) in [6.45, 7) is 1.32. The Balaban J connectivity index is 1.25. The number of carbonyl (C=O) groups excluding carboxylic acids is 3. The van der Waals surface area contributed by atoms with Crippen molar-refractivity contribution in [2.45, 2.75) is 81.1 Å². The van der Waals surface area contributed by atoms with E-state index >= 15 is 0 Å². The number of aliphatic hydroxyl groups excluding tert-OH is 1. The number of nitrogens with one attached hydrogen (secondary N) is 3. The molecule has 5 N–H and O–H groups in total. The van der Waals surface area contributed by atoms with Crippen molar-refractivity contribution in [2.24, 2.45) is 5.92 Å². The van der Waals surface area contributed by atoms with Crippen molar-refractivity contribution < 1.29 is 38.8 Å². The Hall–Kier alpha value is -3.90. The highest BCUT2D eigenvalue weighted by molar-refractivity contribution is 5.86. The third-order valence-corrected chi connectivity index (χ3v) is 9.30. The molecule has 1 saturated carbocycles. The Morgan fingerprint density at radius 3 is 2.88 bits per heavy atom. The van der Waals surface area contributed by atoms with E-state index < -0.39 is 47.0 Å². The fourth-order valence-corrected chi connectivity index (χ4v) is 7.39. The van der Waals surface area contributed by atoms with Crippen molar-refractivity contribution in [3.8, 4) is 11.5 Å². The highest BCUT2D eigenvalue weighted by atomic mass is 16.6. The second-order valence-corrected chi connectivity index (χ2v) is 11.7. The molecule has 2 heterocycles. The van der Waals surface area contributed by atoms with Gasteiger partial charge < -0.3 is 40.0 Å². The number of ether oxygens (including phenoxy) is 3. The molecule has 2 amide bonds. The summed E-state index contributed by atoms with van der Waals surface area (Å²) in [4.78, 5) is 45.1. The lowest BCUT2D eigenvalue weighted by Gasteiger charge is -2.59. The Morgan fingerprint density at radius 1 is 1.31 bits per heavy atom. The van der Waals surface area contributed by atoms with Gasteiger partial charge in [0.1, 0.15) is 17.9 Å². The number of methoxy groups -OCH3 is 1. The molecular formula is C30H36N4O8. The minimum Gasteiger partial charge on any atom is -0.493 e. The molecule has 0 saturated heterocycles. The lowest BCUT2D eigenvalue weighted by atomic mass is 9.47. The van der Waals surface area contributed by atoms with Crippen molar-refractivity contribution >= 4 is 17.8 Å². The van der Waals surface area contributed by atoms with E-state index in [1.54, 1.807) is 19.4 Å². The molecule has 12 heteroatoms. The van der Waals surface area contributed by atoms with Gasteiger partial charge in [-0.3, -0.25) is 9.59 Å². The van der Waals surface area contributed by atoms with Gasteiger partial charge in [-0.15, -0.1) is 0 Å². The molecule has 1 aromatic heterocycles. The largest absolute Gasteiger partial charge is 0.493 e. The summed E-state index contributed by atoms with van der Waals surface area (Å²) in [7, 11) is 1.58. The Bertz CT molecular complexity index is 1420. The number of rotatable bonds is 10. The molecule has 6 atom stereocenters. The number of nitrogens with zero attached hydrogens (tertiary/aromatic N) is 1. The predicted octanol–water partition coefficient (Wildman–Crippen LogP) is 0.950. The van der Waals surface area contributed by atoms with Crippen molar-refractivity contribution in [3.63, 3.8) is 0 Å². The van der Waals surface area contributed by atoms with Gasteiger partial charge in [0, 0.05) is 31.1 Å². The minimum atomic E-state index is -1.19. The van der Waals surface area contributed by atoms with Crippen LogP contribution in [0.3, 0.4) is 0 Å². The second-order valence-electron chi connectivity index (χ2n) is 11.7. The van der Waals surface area contributed by atoms with Crippen LogP contribution in [0.15, 0.2) is 36.5 Å². The van der Waals surface area contributed by atoms with Crippen LogP contribution in [0.1, 0.15) is 55.8 Å². The summed E-state index contributed by atoms with van der Waals surface area (Å²) in [5, 5.41) is 26.8. The van der Waals surface area contributed by atoms with E-state index in [-0.39, 0.29) is 25.3 Å². The summed E-state index contributed by atoms with van der Waals surface area (Å²) in [6, 6.07) is 2.86. The normalized spacial score (nSPS) is 28.0. The van der Waals surface area contributed by atoms with Crippen molar-refractivity contribution in [3.05, 3.63) is 53.3 Å². The van der Waals surface area contributed by atoms with Crippen LogP contribution in [0, 0.1) is 5.92 Å². The fourth-order valence-electron chi connectivity index (χ4n) is 7.39. The number of imidazole rings is 1. The molecule has 2 aromatic rings. The van der Waals surface area contributed by atoms with Crippen molar-refractivity contribution in [2.75, 3.05) is 13.7 Å². The molecule has 0 unspecified atom stereocenters. The molecular weight excluding hydrogens is 544 g/mol. The number of esters is 1. The number of hydrogen-bond acceptors (Lipinski definition) is 9. The maximum Gasteiger partial charge on any atom is 0.334 e. The number of aliphatic hydroxyl groups is 2. The molecule has 4 aliphatic rings. The summed E-state index contributed by atoms with van der Waals surface area (Å²) >= 11 is 0. The summed E-state index contributed by atoms with van der Waals surface area (Å²) < 4.78 is 18.2. The van der Waals surface area contributed by atoms with E-state index in [1.807, 2.05) is 12.1 Å². The van der Waals surface area contributed by atoms with Crippen LogP contribution in [0.25, 0.3) is 0 Å². The highest BCUT2D eigenvalue weighted by Gasteiger charge is 2.71. The Labute approximate surface area is 242 Å². The highest BCUT2D eigenvalue weighted by Crippen LogP contribution is 2.67. The van der Waals surface area contributed by atoms with Crippen LogP contribution in [-0.4, -0.2) is 75.5 Å². The molecule has 224 valence electrons. The number of amides is 2. The molecule has 1 aliphatic heterocycles. The topological polar surface area (TPSA) is 172 Å². The number of carbonyl (C=O) groups is 3. The van der Waals surface area contributed by atoms with Gasteiger partial charge in [0.25, 0.3) is 0 Å². The molecule has 3 aliphatic carbocycles. The quantitative estimate of drug-likeness (QED) is 0.257. The second kappa shape index (κ2) is 10.7. The Kier molecular flexibility index (Phi) is 7.22. The molecule has 0 radical (unpaired) electrons. The van der Waals surface area contributed by atoms with Gasteiger partial charge >= 0.3 is 5.97 Å². The van der Waals surface area contributed by atoms with Gasteiger partial charge in [-0.2, -0.15) is 0 Å². The number of benzene rings is 1. The lowest BCUT2D eigenvalue weighted by Crippen LogP contribution is -2.67. The van der Waals surface area contributed by atoms with E-state index in [4.69, 9.17) is 14.2 Å². The van der Waals surface area contributed by atoms with Crippen LogP contribution in [0.4, 0.5) is 0 Å². The van der Waals surface area contributed by atoms with E-state index in [0.29, 0.717) is 35.8 Å². The Morgan fingerprint density at radius 2 is 2.14 bits per heavy atom. The number of aromatic amines is 1. The molecule has 1 spiro atoms. The van der Waals surface area contributed by atoms with Gasteiger partial charge in [-0.1, -0.05) is 12.5 Å². The summed E-state index contributed by atoms with van der Waals surface area (Å²) in [6.07, 6.45) is 6.46. The molecule has 12 nitrogen and oxygen atoms in total. The van der Waals surface area contributed by atoms with Crippen LogP contribution in [0.5, 0.6) is 11.5 Å².